The molecular weight excluding hydrogens is 144 g/mol. The molecule has 11 heavy (non-hydrogen) atoms. The highest BCUT2D eigenvalue weighted by Crippen LogP contribution is 2.11. The Morgan fingerprint density at radius 2 is 2.18 bits per heavy atom. The number of carbonyl (C=O) groups is 2. The standard InChI is InChI=1S/C8H14O3/c1-7(3-2-6-9)4-5-8(10)11/h6-7H,2-5H2,1H3,(H,10,11). The van der Waals surface area contributed by atoms with Gasteiger partial charge >= 0.3 is 5.97 Å². The van der Waals surface area contributed by atoms with E-state index in [1.807, 2.05) is 6.92 Å². The Balaban J connectivity index is 3.28. The maximum Gasteiger partial charge on any atom is 0.303 e. The largest absolute Gasteiger partial charge is 0.481 e. The molecule has 64 valence electrons. The summed E-state index contributed by atoms with van der Waals surface area (Å²) in [6, 6.07) is 0. The van der Waals surface area contributed by atoms with Gasteiger partial charge in [0.2, 0.25) is 0 Å². The van der Waals surface area contributed by atoms with Crippen LogP contribution in [0.15, 0.2) is 0 Å². The van der Waals surface area contributed by atoms with Gasteiger partial charge in [-0.3, -0.25) is 4.79 Å². The van der Waals surface area contributed by atoms with Crippen LogP contribution < -0.4 is 0 Å². The van der Waals surface area contributed by atoms with E-state index in [0.29, 0.717) is 18.8 Å². The lowest BCUT2D eigenvalue weighted by molar-refractivity contribution is -0.137. The molecule has 0 rings (SSSR count). The van der Waals surface area contributed by atoms with E-state index in [1.165, 1.54) is 0 Å². The number of hydrogen-bond donors (Lipinski definition) is 1. The number of aldehydes is 1. The van der Waals surface area contributed by atoms with E-state index in [1.54, 1.807) is 0 Å². The number of carboxylic acid groups (broad SMARTS) is 1. The molecule has 0 amide bonds. The minimum atomic E-state index is -0.761. The molecule has 0 aliphatic rings. The van der Waals surface area contributed by atoms with E-state index in [0.717, 1.165) is 12.7 Å². The number of carbonyl (C=O) groups excluding carboxylic acids is 1. The van der Waals surface area contributed by atoms with Gasteiger partial charge in [0.1, 0.15) is 6.29 Å². The van der Waals surface area contributed by atoms with Crippen LogP contribution in [0.4, 0.5) is 0 Å². The third-order valence-corrected chi connectivity index (χ3v) is 1.63. The van der Waals surface area contributed by atoms with E-state index in [4.69, 9.17) is 5.11 Å². The van der Waals surface area contributed by atoms with Crippen LogP contribution in [-0.2, 0) is 9.59 Å². The van der Waals surface area contributed by atoms with E-state index < -0.39 is 5.97 Å². The second-order valence-electron chi connectivity index (χ2n) is 2.78. The van der Waals surface area contributed by atoms with Gasteiger partial charge in [-0.05, 0) is 18.8 Å². The first-order valence-corrected chi connectivity index (χ1v) is 3.82. The van der Waals surface area contributed by atoms with Crippen molar-refractivity contribution in [1.29, 1.82) is 0 Å². The van der Waals surface area contributed by atoms with Gasteiger partial charge in [0.05, 0.1) is 0 Å². The van der Waals surface area contributed by atoms with Crippen LogP contribution >= 0.6 is 0 Å². The fraction of sp³-hybridized carbons (Fsp3) is 0.750. The molecule has 3 nitrogen and oxygen atoms in total. The molecule has 0 aliphatic carbocycles. The zero-order valence-corrected chi connectivity index (χ0v) is 6.75. The third-order valence-electron chi connectivity index (χ3n) is 1.63. The normalized spacial score (nSPS) is 12.5. The van der Waals surface area contributed by atoms with Crippen LogP contribution in [-0.4, -0.2) is 17.4 Å². The highest BCUT2D eigenvalue weighted by molar-refractivity contribution is 5.66. The quantitative estimate of drug-likeness (QED) is 0.595. The summed E-state index contributed by atoms with van der Waals surface area (Å²) >= 11 is 0. The van der Waals surface area contributed by atoms with Crippen molar-refractivity contribution < 1.29 is 14.7 Å². The summed E-state index contributed by atoms with van der Waals surface area (Å²) in [4.78, 5) is 20.0. The molecule has 1 atom stereocenters. The Morgan fingerprint density at radius 3 is 2.64 bits per heavy atom. The van der Waals surface area contributed by atoms with E-state index >= 15 is 0 Å². The van der Waals surface area contributed by atoms with Gasteiger partial charge < -0.3 is 9.90 Å². The van der Waals surface area contributed by atoms with Gasteiger partial charge in [-0.2, -0.15) is 0 Å². The van der Waals surface area contributed by atoms with Gasteiger partial charge in [-0.25, -0.2) is 0 Å². The van der Waals surface area contributed by atoms with Crippen molar-refractivity contribution in [3.8, 4) is 0 Å². The lowest BCUT2D eigenvalue weighted by Gasteiger charge is -2.05. The van der Waals surface area contributed by atoms with Crippen molar-refractivity contribution in [2.45, 2.75) is 32.6 Å². The van der Waals surface area contributed by atoms with Crippen LogP contribution in [0.1, 0.15) is 32.6 Å². The predicted octanol–water partition coefficient (Wildman–Crippen LogP) is 1.47. The number of rotatable bonds is 6. The van der Waals surface area contributed by atoms with Gasteiger partial charge in [-0.1, -0.05) is 6.92 Å². The van der Waals surface area contributed by atoms with Crippen LogP contribution in [0.25, 0.3) is 0 Å². The van der Waals surface area contributed by atoms with Crippen LogP contribution in [0.3, 0.4) is 0 Å². The molecule has 0 radical (unpaired) electrons. The zero-order valence-electron chi connectivity index (χ0n) is 6.75. The second-order valence-corrected chi connectivity index (χ2v) is 2.78. The first-order chi connectivity index (χ1) is 5.16. The first-order valence-electron chi connectivity index (χ1n) is 3.82. The summed E-state index contributed by atoms with van der Waals surface area (Å²) in [6.45, 7) is 1.96. The molecular formula is C8H14O3. The summed E-state index contributed by atoms with van der Waals surface area (Å²) in [7, 11) is 0. The predicted molar refractivity (Wildman–Crippen MR) is 41.3 cm³/mol. The molecule has 0 aromatic carbocycles. The van der Waals surface area contributed by atoms with Crippen LogP contribution in [0, 0.1) is 5.92 Å². The van der Waals surface area contributed by atoms with Crippen molar-refractivity contribution in [1.82, 2.24) is 0 Å². The monoisotopic (exact) mass is 158 g/mol. The maximum absolute atomic E-state index is 10.1. The maximum atomic E-state index is 10.1. The molecule has 0 aromatic heterocycles. The second kappa shape index (κ2) is 5.89. The summed E-state index contributed by atoms with van der Waals surface area (Å²) in [5.41, 5.74) is 0. The summed E-state index contributed by atoms with van der Waals surface area (Å²) in [5.74, 6) is -0.417. The Labute approximate surface area is 66.4 Å². The van der Waals surface area contributed by atoms with Gasteiger partial charge in [0, 0.05) is 12.8 Å². The minimum absolute atomic E-state index is 0.208. The van der Waals surface area contributed by atoms with Crippen molar-refractivity contribution in [3.63, 3.8) is 0 Å². The van der Waals surface area contributed by atoms with E-state index in [-0.39, 0.29) is 6.42 Å². The minimum Gasteiger partial charge on any atom is -0.481 e. The van der Waals surface area contributed by atoms with Gasteiger partial charge in [0.15, 0.2) is 0 Å². The highest BCUT2D eigenvalue weighted by atomic mass is 16.4. The van der Waals surface area contributed by atoms with Crippen LogP contribution in [0.2, 0.25) is 0 Å². The van der Waals surface area contributed by atoms with Crippen molar-refractivity contribution >= 4 is 12.3 Å². The number of hydrogen-bond acceptors (Lipinski definition) is 2. The molecule has 0 fully saturated rings. The number of aliphatic carboxylic acids is 1. The average Bonchev–Trinajstić information content (AvgIpc) is 1.97. The smallest absolute Gasteiger partial charge is 0.303 e. The molecule has 0 aromatic rings. The SMILES string of the molecule is CC(CCC=O)CCC(=O)O. The molecule has 1 N–H and O–H groups in total. The number of carboxylic acids is 1. The van der Waals surface area contributed by atoms with E-state index in [9.17, 15) is 9.59 Å². The average molecular weight is 158 g/mol. The molecule has 0 saturated heterocycles. The highest BCUT2D eigenvalue weighted by Gasteiger charge is 2.04. The van der Waals surface area contributed by atoms with Crippen molar-refractivity contribution in [2.24, 2.45) is 5.92 Å². The van der Waals surface area contributed by atoms with Crippen molar-refractivity contribution in [2.75, 3.05) is 0 Å². The molecule has 0 spiro atoms. The topological polar surface area (TPSA) is 54.4 Å². The van der Waals surface area contributed by atoms with Gasteiger partial charge in [-0.15, -0.1) is 0 Å². The zero-order chi connectivity index (χ0) is 8.69. The molecule has 0 saturated carbocycles. The Kier molecular flexibility index (Phi) is 5.43. The van der Waals surface area contributed by atoms with E-state index in [2.05, 4.69) is 0 Å². The fourth-order valence-corrected chi connectivity index (χ4v) is 0.867. The molecule has 0 bridgehead atoms. The lowest BCUT2D eigenvalue weighted by atomic mass is 10.0. The lowest BCUT2D eigenvalue weighted by Crippen LogP contribution is -2.01. The Morgan fingerprint density at radius 1 is 1.55 bits per heavy atom. The molecule has 1 unspecified atom stereocenters. The molecule has 0 heterocycles. The fourth-order valence-electron chi connectivity index (χ4n) is 0.867. The summed E-state index contributed by atoms with van der Waals surface area (Å²) in [5, 5.41) is 8.32. The van der Waals surface area contributed by atoms with Crippen LogP contribution in [0.5, 0.6) is 0 Å². The van der Waals surface area contributed by atoms with Crippen molar-refractivity contribution in [3.05, 3.63) is 0 Å². The summed E-state index contributed by atoms with van der Waals surface area (Å²) in [6.07, 6.45) is 3.10. The van der Waals surface area contributed by atoms with Gasteiger partial charge in [0.25, 0.3) is 0 Å². The Hall–Kier alpha value is -0.860. The summed E-state index contributed by atoms with van der Waals surface area (Å²) < 4.78 is 0. The molecule has 3 heteroatoms. The Bertz CT molecular complexity index is 131. The first kappa shape index (κ1) is 10.1. The third kappa shape index (κ3) is 7.03. The molecule has 0 aliphatic heterocycles.